The van der Waals surface area contributed by atoms with E-state index in [0.717, 1.165) is 29.4 Å². The third kappa shape index (κ3) is 14.5. The first-order chi connectivity index (χ1) is 35.9. The molecule has 2 unspecified atom stereocenters. The maximum absolute atomic E-state index is 14.7. The summed E-state index contributed by atoms with van der Waals surface area (Å²) < 4.78 is 19.7. The lowest BCUT2D eigenvalue weighted by Gasteiger charge is -2.38. The number of anilines is 3. The van der Waals surface area contributed by atoms with Crippen LogP contribution in [-0.2, 0) is 35.0 Å². The van der Waals surface area contributed by atoms with Crippen LogP contribution in [0.1, 0.15) is 94.6 Å². The van der Waals surface area contributed by atoms with E-state index in [1.165, 1.54) is 4.68 Å². The summed E-state index contributed by atoms with van der Waals surface area (Å²) in [6.07, 6.45) is 10.6. The van der Waals surface area contributed by atoms with Crippen molar-refractivity contribution in [3.63, 3.8) is 0 Å². The van der Waals surface area contributed by atoms with Crippen molar-refractivity contribution in [1.82, 2.24) is 59.7 Å². The number of hydrogen-bond acceptors (Lipinski definition) is 18. The number of nitrogens with one attached hydrogen (secondary N) is 2. The lowest BCUT2D eigenvalue weighted by atomic mass is 9.98. The number of rotatable bonds is 28. The number of aliphatic carboxylic acids is 1. The molecule has 400 valence electrons. The molecule has 6 heterocycles. The Kier molecular flexibility index (Phi) is 20.0. The molecule has 2 aliphatic heterocycles. The van der Waals surface area contributed by atoms with Gasteiger partial charge in [-0.15, -0.1) is 16.6 Å². The fourth-order valence-corrected chi connectivity index (χ4v) is 8.85. The highest BCUT2D eigenvalue weighted by Gasteiger charge is 2.34. The average molecular weight is 1020 g/mol. The number of piperazine rings is 2. The minimum absolute atomic E-state index is 0.0402. The molecular formula is C50H73N17O7. The zero-order chi connectivity index (χ0) is 52.6. The average Bonchev–Trinajstić information content (AvgIpc) is 4.22. The number of hydrogen-bond donors (Lipinski definition) is 5. The summed E-state index contributed by atoms with van der Waals surface area (Å²) in [6, 6.07) is 7.83. The van der Waals surface area contributed by atoms with E-state index in [4.69, 9.17) is 47.1 Å². The van der Waals surface area contributed by atoms with Crippen molar-refractivity contribution in [2.24, 2.45) is 23.3 Å². The molecule has 2 fully saturated rings. The first-order valence-electron chi connectivity index (χ1n) is 25.7. The lowest BCUT2D eigenvalue weighted by Crippen LogP contribution is -2.52. The van der Waals surface area contributed by atoms with Gasteiger partial charge in [0.2, 0.25) is 29.7 Å². The van der Waals surface area contributed by atoms with Gasteiger partial charge >= 0.3 is 5.97 Å². The predicted octanol–water partition coefficient (Wildman–Crippen LogP) is 2.61. The van der Waals surface area contributed by atoms with Gasteiger partial charge in [0.15, 0.2) is 0 Å². The number of terminal acetylenes is 1. The second-order valence-corrected chi connectivity index (χ2v) is 18.9. The molecule has 0 bridgehead atoms. The molecule has 5 aromatic rings. The number of carboxylic acids is 1. The van der Waals surface area contributed by atoms with Crippen molar-refractivity contribution >= 4 is 46.5 Å². The SMILES string of the molecule is C#CCOCCOCCOCCNc1nc(N2CCN(C(=O)[C@@H](Cc3cc4ccccc4[nH]3)n3cc(C(N)[C@H](C)CC)nn3)CC2)nc(N2CCN(C(=O)[C@H](CCC(=O)O)n3cc(C(N)[C@H](C)CC)nn3)CC2)n1. The number of nitrogens with zero attached hydrogens (tertiary/aromatic N) is 13. The third-order valence-electron chi connectivity index (χ3n) is 13.9. The number of H-pyrrole nitrogens is 1. The summed E-state index contributed by atoms with van der Waals surface area (Å²) in [7, 11) is 0. The van der Waals surface area contributed by atoms with Crippen LogP contribution >= 0.6 is 0 Å². The maximum Gasteiger partial charge on any atom is 0.303 e. The van der Waals surface area contributed by atoms with Crippen LogP contribution in [0.15, 0.2) is 42.7 Å². The van der Waals surface area contributed by atoms with Crippen molar-refractivity contribution in [2.75, 3.05) is 114 Å². The summed E-state index contributed by atoms with van der Waals surface area (Å²) in [6.45, 7) is 13.9. The molecule has 7 N–H and O–H groups in total. The van der Waals surface area contributed by atoms with Crippen LogP contribution in [0, 0.1) is 24.2 Å². The van der Waals surface area contributed by atoms with Crippen molar-refractivity contribution in [2.45, 2.75) is 84.0 Å². The molecule has 0 aliphatic carbocycles. The van der Waals surface area contributed by atoms with Gasteiger partial charge in [-0.25, -0.2) is 9.36 Å². The van der Waals surface area contributed by atoms with Crippen LogP contribution in [-0.4, -0.2) is 181 Å². The van der Waals surface area contributed by atoms with Crippen LogP contribution in [0.2, 0.25) is 0 Å². The molecule has 2 amide bonds. The van der Waals surface area contributed by atoms with Gasteiger partial charge in [0, 0.05) is 83.0 Å². The summed E-state index contributed by atoms with van der Waals surface area (Å²) in [5.74, 6) is 2.58. The van der Waals surface area contributed by atoms with Crippen LogP contribution in [0.5, 0.6) is 0 Å². The van der Waals surface area contributed by atoms with E-state index in [-0.39, 0.29) is 55.2 Å². The molecule has 24 nitrogen and oxygen atoms in total. The van der Waals surface area contributed by atoms with Crippen molar-refractivity contribution in [3.05, 3.63) is 59.8 Å². The molecule has 0 saturated carbocycles. The molecule has 1 aromatic carbocycles. The number of carbonyl (C=O) groups is 3. The Labute approximate surface area is 431 Å². The van der Waals surface area contributed by atoms with Crippen molar-refractivity contribution in [1.29, 1.82) is 0 Å². The number of aromatic amines is 1. The molecule has 24 heteroatoms. The summed E-state index contributed by atoms with van der Waals surface area (Å²) in [5.41, 5.74) is 16.1. The molecule has 2 aliphatic rings. The second-order valence-electron chi connectivity index (χ2n) is 18.9. The largest absolute Gasteiger partial charge is 0.481 e. The first kappa shape index (κ1) is 55.0. The highest BCUT2D eigenvalue weighted by atomic mass is 16.5. The Morgan fingerprint density at radius 1 is 0.757 bits per heavy atom. The Balaban J connectivity index is 1.04. The quantitative estimate of drug-likeness (QED) is 0.0355. The minimum atomic E-state index is -1.01. The van der Waals surface area contributed by atoms with Crippen LogP contribution in [0.4, 0.5) is 17.8 Å². The molecule has 7 rings (SSSR count). The number of ether oxygens (including phenoxy) is 3. The molecule has 0 spiro atoms. The topological polar surface area (TPSA) is 292 Å². The number of aromatic nitrogens is 10. The molecule has 4 aromatic heterocycles. The molecular weight excluding hydrogens is 951 g/mol. The van der Waals surface area contributed by atoms with Crippen molar-refractivity contribution in [3.8, 4) is 12.3 Å². The van der Waals surface area contributed by atoms with Crippen molar-refractivity contribution < 1.29 is 33.7 Å². The number of amides is 2. The van der Waals surface area contributed by atoms with E-state index >= 15 is 0 Å². The third-order valence-corrected chi connectivity index (χ3v) is 13.9. The highest BCUT2D eigenvalue weighted by Crippen LogP contribution is 2.28. The molecule has 0 radical (unpaired) electrons. The Morgan fingerprint density at radius 2 is 1.28 bits per heavy atom. The van der Waals surface area contributed by atoms with E-state index in [1.54, 1.807) is 15.8 Å². The van der Waals surface area contributed by atoms with E-state index in [2.05, 4.69) is 56.8 Å². The minimum Gasteiger partial charge on any atom is -0.481 e. The molecule has 6 atom stereocenters. The number of carbonyl (C=O) groups excluding carboxylic acids is 2. The van der Waals surface area contributed by atoms with E-state index in [1.807, 2.05) is 59.0 Å². The van der Waals surface area contributed by atoms with E-state index in [9.17, 15) is 19.5 Å². The number of nitrogens with two attached hydrogens (primary N) is 2. The molecule has 2 saturated heterocycles. The van der Waals surface area contributed by atoms with Crippen LogP contribution in [0.25, 0.3) is 10.9 Å². The smallest absolute Gasteiger partial charge is 0.303 e. The number of fused-ring (bicyclic) bond motifs is 1. The Morgan fingerprint density at radius 3 is 1.82 bits per heavy atom. The number of benzene rings is 1. The number of para-hydroxylation sites is 1. The van der Waals surface area contributed by atoms with E-state index in [0.29, 0.717) is 128 Å². The monoisotopic (exact) mass is 1020 g/mol. The number of carboxylic acid groups (broad SMARTS) is 1. The Hall–Kier alpha value is -6.78. The van der Waals surface area contributed by atoms with Gasteiger partial charge in [-0.05, 0) is 35.8 Å². The zero-order valence-corrected chi connectivity index (χ0v) is 43.1. The maximum atomic E-state index is 14.7. The summed E-state index contributed by atoms with van der Waals surface area (Å²) in [5, 5.41) is 31.4. The van der Waals surface area contributed by atoms with Gasteiger partial charge < -0.3 is 60.7 Å². The van der Waals surface area contributed by atoms with Crippen LogP contribution in [0.3, 0.4) is 0 Å². The standard InChI is InChI=1S/C50H73N17O7/c1-6-24-72-26-28-74-29-27-73-25-15-53-48-55-49(64-20-16-62(17-21-64)46(70)41(13-14-43(68)69)66-32-39(58-60-66)44(51)34(4)7-2)57-50(56-48)65-22-18-63(19-23-65)47(71)42(31-37-30-36-11-9-10-12-38(36)54-37)67-33-40(59-61-67)45(52)35(5)8-3/h1,9-12,30,32-35,41-42,44-45,54H,7-8,13-29,31,51-52H2,2-5H3,(H,68,69)(H,53,55,56,57)/t34-,35-,41+,42-,44?,45?/m1/s1. The molecule has 74 heavy (non-hydrogen) atoms. The van der Waals surface area contributed by atoms with Gasteiger partial charge in [0.1, 0.15) is 18.7 Å². The van der Waals surface area contributed by atoms with Gasteiger partial charge in [-0.2, -0.15) is 15.0 Å². The highest BCUT2D eigenvalue weighted by molar-refractivity contribution is 5.83. The lowest BCUT2D eigenvalue weighted by molar-refractivity contribution is -0.139. The van der Waals surface area contributed by atoms with Gasteiger partial charge in [0.25, 0.3) is 0 Å². The van der Waals surface area contributed by atoms with Gasteiger partial charge in [0.05, 0.1) is 68.9 Å². The predicted molar refractivity (Wildman–Crippen MR) is 277 cm³/mol. The normalized spacial score (nSPS) is 16.7. The summed E-state index contributed by atoms with van der Waals surface area (Å²) >= 11 is 0. The summed E-state index contributed by atoms with van der Waals surface area (Å²) in [4.78, 5) is 66.3. The van der Waals surface area contributed by atoms with Gasteiger partial charge in [-0.3, -0.25) is 14.4 Å². The van der Waals surface area contributed by atoms with E-state index < -0.39 is 18.1 Å². The zero-order valence-electron chi connectivity index (χ0n) is 43.1. The van der Waals surface area contributed by atoms with Crippen LogP contribution < -0.4 is 26.6 Å². The van der Waals surface area contributed by atoms with Gasteiger partial charge in [-0.1, -0.05) is 75.1 Å². The fourth-order valence-electron chi connectivity index (χ4n) is 8.85. The second kappa shape index (κ2) is 27.0. The fraction of sp³-hybridized carbons (Fsp3) is 0.600. The first-order valence-corrected chi connectivity index (χ1v) is 25.7. The Bertz CT molecular complexity index is 2580.